The number of nitrogen functional groups attached to an aromatic ring is 1. The zero-order valence-corrected chi connectivity index (χ0v) is 10.6. The third-order valence-corrected chi connectivity index (χ3v) is 2.47. The molecule has 1 aromatic heterocycles. The van der Waals surface area contributed by atoms with Crippen molar-refractivity contribution in [1.29, 1.82) is 0 Å². The average Bonchev–Trinajstić information content (AvgIpc) is 2.30. The Morgan fingerprint density at radius 1 is 1.33 bits per heavy atom. The lowest BCUT2D eigenvalue weighted by atomic mass is 9.89. The van der Waals surface area contributed by atoms with Crippen molar-refractivity contribution in [3.8, 4) is 0 Å². The lowest BCUT2D eigenvalue weighted by Gasteiger charge is -2.17. The lowest BCUT2D eigenvalue weighted by Crippen LogP contribution is -2.11. The number of hydrogen-bond donors (Lipinski definition) is 1. The summed E-state index contributed by atoms with van der Waals surface area (Å²) in [6.07, 6.45) is 3.14. The van der Waals surface area contributed by atoms with Gasteiger partial charge in [0.1, 0.15) is 5.82 Å². The van der Waals surface area contributed by atoms with Crippen molar-refractivity contribution in [3.63, 3.8) is 0 Å². The van der Waals surface area contributed by atoms with E-state index in [0.29, 0.717) is 0 Å². The van der Waals surface area contributed by atoms with Crippen LogP contribution in [0.5, 0.6) is 0 Å². The van der Waals surface area contributed by atoms with E-state index < -0.39 is 0 Å². The molecule has 0 atom stereocenters. The van der Waals surface area contributed by atoms with Gasteiger partial charge in [0.25, 0.3) is 0 Å². The molecule has 1 rings (SSSR count). The number of aromatic nitrogens is 2. The maximum atomic E-state index is 6.01. The molecule has 0 saturated heterocycles. The first kappa shape index (κ1) is 12.1. The van der Waals surface area contributed by atoms with Gasteiger partial charge in [-0.2, -0.15) is 5.10 Å². The summed E-state index contributed by atoms with van der Waals surface area (Å²) < 4.78 is 1.80. The average molecular weight is 209 g/mol. The van der Waals surface area contributed by atoms with Crippen molar-refractivity contribution in [2.24, 2.45) is 12.5 Å². The Morgan fingerprint density at radius 2 is 1.93 bits per heavy atom. The lowest BCUT2D eigenvalue weighted by molar-refractivity contribution is 0.403. The Kier molecular flexibility index (Phi) is 3.42. The molecule has 0 bridgehead atoms. The molecule has 0 saturated carbocycles. The number of nitrogens with two attached hydrogens (primary N) is 1. The fourth-order valence-corrected chi connectivity index (χ4v) is 1.81. The van der Waals surface area contributed by atoms with Gasteiger partial charge >= 0.3 is 0 Å². The van der Waals surface area contributed by atoms with Gasteiger partial charge in [0.15, 0.2) is 0 Å². The maximum absolute atomic E-state index is 6.01. The van der Waals surface area contributed by atoms with E-state index in [4.69, 9.17) is 5.73 Å². The number of nitrogens with zero attached hydrogens (tertiary/aromatic N) is 2. The molecule has 0 fully saturated rings. The number of anilines is 1. The third-order valence-electron chi connectivity index (χ3n) is 2.47. The first-order valence-electron chi connectivity index (χ1n) is 5.65. The molecule has 2 N–H and O–H groups in total. The van der Waals surface area contributed by atoms with E-state index in [0.717, 1.165) is 25.1 Å². The predicted molar refractivity (Wildman–Crippen MR) is 64.8 cm³/mol. The van der Waals surface area contributed by atoms with Crippen LogP contribution >= 0.6 is 0 Å². The Bertz CT molecular complexity index is 331. The largest absolute Gasteiger partial charge is 0.384 e. The van der Waals surface area contributed by atoms with Gasteiger partial charge in [-0.25, -0.2) is 0 Å². The first-order valence-corrected chi connectivity index (χ1v) is 5.65. The van der Waals surface area contributed by atoms with Crippen molar-refractivity contribution in [2.75, 3.05) is 5.73 Å². The summed E-state index contributed by atoms with van der Waals surface area (Å²) in [5.74, 6) is 0.830. The van der Waals surface area contributed by atoms with Crippen LogP contribution in [0.15, 0.2) is 0 Å². The van der Waals surface area contributed by atoms with Crippen LogP contribution in [0, 0.1) is 5.41 Å². The van der Waals surface area contributed by atoms with Gasteiger partial charge in [-0.1, -0.05) is 34.1 Å². The van der Waals surface area contributed by atoms with E-state index in [2.05, 4.69) is 32.8 Å². The van der Waals surface area contributed by atoms with Crippen LogP contribution in [0.4, 0.5) is 5.82 Å². The van der Waals surface area contributed by atoms with Gasteiger partial charge in [-0.3, -0.25) is 4.68 Å². The molecule has 3 heteroatoms. The van der Waals surface area contributed by atoms with E-state index in [1.165, 1.54) is 11.3 Å². The molecule has 0 amide bonds. The molecule has 0 aliphatic carbocycles. The van der Waals surface area contributed by atoms with Gasteiger partial charge < -0.3 is 5.73 Å². The predicted octanol–water partition coefficient (Wildman–Crippen LogP) is 2.54. The summed E-state index contributed by atoms with van der Waals surface area (Å²) in [7, 11) is 1.92. The monoisotopic (exact) mass is 209 g/mol. The van der Waals surface area contributed by atoms with Crippen LogP contribution in [0.1, 0.15) is 45.4 Å². The van der Waals surface area contributed by atoms with Gasteiger partial charge in [-0.05, 0) is 18.3 Å². The SMILES string of the molecule is CCCc1c(CC(C)(C)C)nn(C)c1N. The topological polar surface area (TPSA) is 43.8 Å². The summed E-state index contributed by atoms with van der Waals surface area (Å²) in [6.45, 7) is 8.86. The molecule has 0 aromatic carbocycles. The molecule has 0 aliphatic heterocycles. The van der Waals surface area contributed by atoms with E-state index >= 15 is 0 Å². The molecule has 0 spiro atoms. The molecule has 0 aliphatic rings. The van der Waals surface area contributed by atoms with E-state index in [1.54, 1.807) is 4.68 Å². The second-order valence-corrected chi connectivity index (χ2v) is 5.42. The zero-order chi connectivity index (χ0) is 11.6. The summed E-state index contributed by atoms with van der Waals surface area (Å²) in [4.78, 5) is 0. The highest BCUT2D eigenvalue weighted by Gasteiger charge is 2.19. The second-order valence-electron chi connectivity index (χ2n) is 5.42. The first-order chi connectivity index (χ1) is 6.85. The summed E-state index contributed by atoms with van der Waals surface area (Å²) in [5, 5.41) is 4.51. The highest BCUT2D eigenvalue weighted by atomic mass is 15.3. The molecule has 1 heterocycles. The van der Waals surface area contributed by atoms with Crippen molar-refractivity contribution >= 4 is 5.82 Å². The van der Waals surface area contributed by atoms with Crippen LogP contribution in [-0.4, -0.2) is 9.78 Å². The minimum atomic E-state index is 0.267. The standard InChI is InChI=1S/C12H23N3/c1-6-7-9-10(8-12(2,3)4)14-15(5)11(9)13/h6-8,13H2,1-5H3. The fourth-order valence-electron chi connectivity index (χ4n) is 1.81. The second kappa shape index (κ2) is 4.25. The van der Waals surface area contributed by atoms with Crippen molar-refractivity contribution in [3.05, 3.63) is 11.3 Å². The van der Waals surface area contributed by atoms with Gasteiger partial charge in [0.2, 0.25) is 0 Å². The molecule has 0 unspecified atom stereocenters. The van der Waals surface area contributed by atoms with Gasteiger partial charge in [-0.15, -0.1) is 0 Å². The molecule has 86 valence electrons. The third kappa shape index (κ3) is 2.98. The van der Waals surface area contributed by atoms with Crippen LogP contribution in [0.2, 0.25) is 0 Å². The highest BCUT2D eigenvalue weighted by Crippen LogP contribution is 2.25. The normalized spacial score (nSPS) is 12.1. The van der Waals surface area contributed by atoms with Crippen molar-refractivity contribution in [2.45, 2.75) is 47.0 Å². The van der Waals surface area contributed by atoms with Crippen LogP contribution in [0.25, 0.3) is 0 Å². The Labute approximate surface area is 92.7 Å². The van der Waals surface area contributed by atoms with Crippen LogP contribution in [0.3, 0.4) is 0 Å². The van der Waals surface area contributed by atoms with Crippen molar-refractivity contribution in [1.82, 2.24) is 9.78 Å². The molecular formula is C12H23N3. The van der Waals surface area contributed by atoms with Gasteiger partial charge in [0, 0.05) is 12.6 Å². The molecule has 0 radical (unpaired) electrons. The molecular weight excluding hydrogens is 186 g/mol. The van der Waals surface area contributed by atoms with Crippen molar-refractivity contribution < 1.29 is 0 Å². The number of hydrogen-bond acceptors (Lipinski definition) is 2. The molecule has 3 nitrogen and oxygen atoms in total. The van der Waals surface area contributed by atoms with Crippen LogP contribution in [-0.2, 0) is 19.9 Å². The summed E-state index contributed by atoms with van der Waals surface area (Å²) in [6, 6.07) is 0. The Hall–Kier alpha value is -0.990. The minimum Gasteiger partial charge on any atom is -0.384 e. The highest BCUT2D eigenvalue weighted by molar-refractivity contribution is 5.43. The molecule has 1 aromatic rings. The summed E-state index contributed by atoms with van der Waals surface area (Å²) >= 11 is 0. The smallest absolute Gasteiger partial charge is 0.124 e. The summed E-state index contributed by atoms with van der Waals surface area (Å²) in [5.41, 5.74) is 8.69. The van der Waals surface area contributed by atoms with E-state index in [1.807, 2.05) is 7.05 Å². The van der Waals surface area contributed by atoms with Crippen LogP contribution < -0.4 is 5.73 Å². The van der Waals surface area contributed by atoms with Gasteiger partial charge in [0.05, 0.1) is 5.69 Å². The van der Waals surface area contributed by atoms with E-state index in [9.17, 15) is 0 Å². The number of aryl methyl sites for hydroxylation is 1. The fraction of sp³-hybridized carbons (Fsp3) is 0.750. The maximum Gasteiger partial charge on any atom is 0.124 e. The Balaban J connectivity index is 3.01. The number of rotatable bonds is 3. The zero-order valence-electron chi connectivity index (χ0n) is 10.6. The minimum absolute atomic E-state index is 0.267. The molecule has 15 heavy (non-hydrogen) atoms. The quantitative estimate of drug-likeness (QED) is 0.831. The Morgan fingerprint density at radius 3 is 2.40 bits per heavy atom. The van der Waals surface area contributed by atoms with E-state index in [-0.39, 0.29) is 5.41 Å².